The van der Waals surface area contributed by atoms with E-state index in [1.807, 2.05) is 14.7 Å². The molecule has 0 spiro atoms. The molecule has 0 aromatic carbocycles. The molecule has 6 heteroatoms. The normalized spacial score (nSPS) is 23.7. The van der Waals surface area contributed by atoms with E-state index in [1.54, 1.807) is 6.92 Å². The summed E-state index contributed by atoms with van der Waals surface area (Å²) in [4.78, 5) is 42.9. The van der Waals surface area contributed by atoms with Gasteiger partial charge < -0.3 is 14.7 Å². The van der Waals surface area contributed by atoms with Gasteiger partial charge in [0.05, 0.1) is 0 Å². The van der Waals surface area contributed by atoms with E-state index in [-0.39, 0.29) is 23.7 Å². The second-order valence-corrected chi connectivity index (χ2v) is 8.12. The summed E-state index contributed by atoms with van der Waals surface area (Å²) in [7, 11) is 0. The van der Waals surface area contributed by atoms with Crippen LogP contribution in [0, 0.1) is 11.8 Å². The highest BCUT2D eigenvalue weighted by molar-refractivity contribution is 5.81. The summed E-state index contributed by atoms with van der Waals surface area (Å²) in [5.74, 6) is 0.879. The number of nitrogens with zero attached hydrogens (tertiary/aromatic N) is 3. The van der Waals surface area contributed by atoms with Crippen LogP contribution in [-0.2, 0) is 14.4 Å². The van der Waals surface area contributed by atoms with Crippen molar-refractivity contribution in [2.75, 3.05) is 39.3 Å². The molecule has 3 rings (SSSR count). The minimum Gasteiger partial charge on any atom is -0.343 e. The molecule has 0 aromatic heterocycles. The molecule has 2 saturated heterocycles. The quantitative estimate of drug-likeness (QED) is 0.753. The molecule has 1 saturated carbocycles. The fraction of sp³-hybridized carbons (Fsp3) is 0.850. The van der Waals surface area contributed by atoms with Crippen LogP contribution in [0.15, 0.2) is 0 Å². The Hall–Kier alpha value is -1.59. The monoisotopic (exact) mass is 363 g/mol. The first-order chi connectivity index (χ1) is 12.6. The van der Waals surface area contributed by atoms with Crippen molar-refractivity contribution in [1.82, 2.24) is 14.7 Å². The van der Waals surface area contributed by atoms with Gasteiger partial charge in [-0.1, -0.05) is 19.3 Å². The second-order valence-electron chi connectivity index (χ2n) is 8.12. The zero-order valence-electron chi connectivity index (χ0n) is 16.1. The van der Waals surface area contributed by atoms with Gasteiger partial charge in [0.15, 0.2) is 0 Å². The number of carbonyl (C=O) groups excluding carboxylic acids is 3. The minimum absolute atomic E-state index is 0.0335. The standard InChI is InChI=1S/C20H33N3O3/c1-16(24)21-12-8-18(9-13-21)20(26)23-11-5-10-22(14-15-23)19(25)17-6-3-2-4-7-17/h17-18H,2-15H2,1H3. The highest BCUT2D eigenvalue weighted by Crippen LogP contribution is 2.26. The van der Waals surface area contributed by atoms with Crippen molar-refractivity contribution in [2.24, 2.45) is 11.8 Å². The van der Waals surface area contributed by atoms with Crippen molar-refractivity contribution in [3.63, 3.8) is 0 Å². The summed E-state index contributed by atoms with van der Waals surface area (Å²) in [6.07, 6.45) is 8.07. The summed E-state index contributed by atoms with van der Waals surface area (Å²) in [6.45, 7) is 5.83. The van der Waals surface area contributed by atoms with Crippen LogP contribution in [0.4, 0.5) is 0 Å². The van der Waals surface area contributed by atoms with Gasteiger partial charge in [-0.05, 0) is 32.1 Å². The molecule has 146 valence electrons. The average Bonchev–Trinajstić information content (AvgIpc) is 2.94. The van der Waals surface area contributed by atoms with Gasteiger partial charge in [0, 0.05) is 58.0 Å². The average molecular weight is 364 g/mol. The predicted octanol–water partition coefficient (Wildman–Crippen LogP) is 1.89. The molecule has 1 aliphatic carbocycles. The van der Waals surface area contributed by atoms with Gasteiger partial charge in [0.2, 0.25) is 17.7 Å². The Kier molecular flexibility index (Phi) is 6.54. The maximum atomic E-state index is 12.9. The first-order valence-corrected chi connectivity index (χ1v) is 10.4. The van der Waals surface area contributed by atoms with Crippen molar-refractivity contribution in [1.29, 1.82) is 0 Å². The van der Waals surface area contributed by atoms with Gasteiger partial charge in [0.1, 0.15) is 0 Å². The maximum Gasteiger partial charge on any atom is 0.225 e. The Bertz CT molecular complexity index is 522. The molecule has 0 unspecified atom stereocenters. The number of likely N-dealkylation sites (tertiary alicyclic amines) is 1. The molecule has 3 aliphatic rings. The molecule has 2 heterocycles. The molecule has 0 radical (unpaired) electrons. The molecule has 0 aromatic rings. The van der Waals surface area contributed by atoms with E-state index < -0.39 is 0 Å². The van der Waals surface area contributed by atoms with Crippen molar-refractivity contribution in [3.05, 3.63) is 0 Å². The molecule has 2 aliphatic heterocycles. The largest absolute Gasteiger partial charge is 0.343 e. The zero-order valence-corrected chi connectivity index (χ0v) is 16.1. The van der Waals surface area contributed by atoms with Crippen LogP contribution in [-0.4, -0.2) is 71.7 Å². The van der Waals surface area contributed by atoms with E-state index in [1.165, 1.54) is 19.3 Å². The van der Waals surface area contributed by atoms with Gasteiger partial charge in [-0.25, -0.2) is 0 Å². The van der Waals surface area contributed by atoms with Crippen molar-refractivity contribution < 1.29 is 14.4 Å². The lowest BCUT2D eigenvalue weighted by Gasteiger charge is -2.33. The van der Waals surface area contributed by atoms with E-state index in [0.717, 1.165) is 45.2 Å². The molecule has 3 fully saturated rings. The Morgan fingerprint density at radius 2 is 1.08 bits per heavy atom. The van der Waals surface area contributed by atoms with E-state index in [9.17, 15) is 14.4 Å². The summed E-state index contributed by atoms with van der Waals surface area (Å²) in [6, 6.07) is 0. The Morgan fingerprint density at radius 1 is 0.577 bits per heavy atom. The number of hydrogen-bond acceptors (Lipinski definition) is 3. The molecule has 26 heavy (non-hydrogen) atoms. The molecule has 6 nitrogen and oxygen atoms in total. The number of hydrogen-bond donors (Lipinski definition) is 0. The van der Waals surface area contributed by atoms with E-state index in [0.29, 0.717) is 32.1 Å². The fourth-order valence-corrected chi connectivity index (χ4v) is 4.67. The molecule has 0 atom stereocenters. The van der Waals surface area contributed by atoms with E-state index >= 15 is 0 Å². The third kappa shape index (κ3) is 4.57. The Morgan fingerprint density at radius 3 is 1.58 bits per heavy atom. The zero-order chi connectivity index (χ0) is 18.5. The third-order valence-electron chi connectivity index (χ3n) is 6.36. The summed E-state index contributed by atoms with van der Waals surface area (Å²) in [5.41, 5.74) is 0. The highest BCUT2D eigenvalue weighted by atomic mass is 16.2. The highest BCUT2D eigenvalue weighted by Gasteiger charge is 2.32. The predicted molar refractivity (Wildman–Crippen MR) is 99.3 cm³/mol. The van der Waals surface area contributed by atoms with Gasteiger partial charge in [-0.3, -0.25) is 14.4 Å². The van der Waals surface area contributed by atoms with Crippen molar-refractivity contribution in [3.8, 4) is 0 Å². The van der Waals surface area contributed by atoms with Crippen LogP contribution >= 0.6 is 0 Å². The first kappa shape index (κ1) is 19.2. The van der Waals surface area contributed by atoms with E-state index in [2.05, 4.69) is 0 Å². The lowest BCUT2D eigenvalue weighted by atomic mass is 9.88. The van der Waals surface area contributed by atoms with Crippen molar-refractivity contribution in [2.45, 2.75) is 58.3 Å². The molecule has 3 amide bonds. The van der Waals surface area contributed by atoms with Crippen LogP contribution in [0.2, 0.25) is 0 Å². The number of piperidine rings is 1. The van der Waals surface area contributed by atoms with Crippen LogP contribution in [0.5, 0.6) is 0 Å². The number of carbonyl (C=O) groups is 3. The topological polar surface area (TPSA) is 60.9 Å². The number of rotatable bonds is 2. The van der Waals surface area contributed by atoms with Gasteiger partial charge >= 0.3 is 0 Å². The maximum absolute atomic E-state index is 12.9. The smallest absolute Gasteiger partial charge is 0.225 e. The van der Waals surface area contributed by atoms with Gasteiger partial charge in [-0.15, -0.1) is 0 Å². The lowest BCUT2D eigenvalue weighted by molar-refractivity contribution is -0.140. The number of amides is 3. The SMILES string of the molecule is CC(=O)N1CCC(C(=O)N2CCCN(C(=O)C3CCCCC3)CC2)CC1. The second kappa shape index (κ2) is 8.87. The van der Waals surface area contributed by atoms with E-state index in [4.69, 9.17) is 0 Å². The Balaban J connectivity index is 1.49. The molecular weight excluding hydrogens is 330 g/mol. The Labute approximate surface area is 156 Å². The fourth-order valence-electron chi connectivity index (χ4n) is 4.67. The lowest BCUT2D eigenvalue weighted by Crippen LogP contribution is -2.45. The van der Waals surface area contributed by atoms with Crippen LogP contribution in [0.1, 0.15) is 58.3 Å². The van der Waals surface area contributed by atoms with Crippen LogP contribution in [0.3, 0.4) is 0 Å². The molecular formula is C20H33N3O3. The first-order valence-electron chi connectivity index (χ1n) is 10.4. The third-order valence-corrected chi connectivity index (χ3v) is 6.36. The summed E-state index contributed by atoms with van der Waals surface area (Å²) < 4.78 is 0. The van der Waals surface area contributed by atoms with Crippen LogP contribution < -0.4 is 0 Å². The molecule has 0 N–H and O–H groups in total. The summed E-state index contributed by atoms with van der Waals surface area (Å²) >= 11 is 0. The minimum atomic E-state index is 0.0335. The summed E-state index contributed by atoms with van der Waals surface area (Å²) in [5, 5.41) is 0. The molecule has 0 bridgehead atoms. The van der Waals surface area contributed by atoms with Gasteiger partial charge in [-0.2, -0.15) is 0 Å². The van der Waals surface area contributed by atoms with Gasteiger partial charge in [0.25, 0.3) is 0 Å². The van der Waals surface area contributed by atoms with Crippen LogP contribution in [0.25, 0.3) is 0 Å². The van der Waals surface area contributed by atoms with Crippen molar-refractivity contribution >= 4 is 17.7 Å².